The Morgan fingerprint density at radius 2 is 1.94 bits per heavy atom. The number of anilines is 1. The summed E-state index contributed by atoms with van der Waals surface area (Å²) in [6.07, 6.45) is 3.37. The second kappa shape index (κ2) is 10.8. The number of nitrogens with zero attached hydrogens (tertiary/aromatic N) is 1. The molecule has 1 unspecified atom stereocenters. The lowest BCUT2D eigenvalue weighted by atomic mass is 10.0. The van der Waals surface area contributed by atoms with E-state index in [0.29, 0.717) is 12.2 Å². The molecule has 0 radical (unpaired) electrons. The molecular formula is C24H33N3O4S. The number of methoxy groups -OCH3 is 1. The molecule has 1 saturated heterocycles. The van der Waals surface area contributed by atoms with Gasteiger partial charge in [-0.05, 0) is 75.5 Å². The molecule has 1 fully saturated rings. The minimum Gasteiger partial charge on any atom is -0.495 e. The highest BCUT2D eigenvalue weighted by Crippen LogP contribution is 2.27. The van der Waals surface area contributed by atoms with Crippen LogP contribution in [0.4, 0.5) is 5.69 Å². The van der Waals surface area contributed by atoms with Crippen LogP contribution in [0, 0.1) is 12.8 Å². The van der Waals surface area contributed by atoms with Crippen LogP contribution >= 0.6 is 0 Å². The lowest BCUT2D eigenvalue weighted by Crippen LogP contribution is -2.36. The van der Waals surface area contributed by atoms with Gasteiger partial charge in [-0.3, -0.25) is 9.52 Å². The molecule has 0 spiro atoms. The van der Waals surface area contributed by atoms with Crippen LogP contribution in [0.1, 0.15) is 42.1 Å². The van der Waals surface area contributed by atoms with E-state index in [2.05, 4.69) is 21.9 Å². The minimum atomic E-state index is -3.93. The number of amides is 1. The van der Waals surface area contributed by atoms with Gasteiger partial charge in [0, 0.05) is 24.3 Å². The molecule has 0 saturated carbocycles. The highest BCUT2D eigenvalue weighted by atomic mass is 32.2. The summed E-state index contributed by atoms with van der Waals surface area (Å²) in [6.45, 7) is 7.92. The van der Waals surface area contributed by atoms with E-state index in [9.17, 15) is 13.2 Å². The van der Waals surface area contributed by atoms with Crippen molar-refractivity contribution < 1.29 is 17.9 Å². The van der Waals surface area contributed by atoms with Gasteiger partial charge in [0.1, 0.15) is 10.6 Å². The summed E-state index contributed by atoms with van der Waals surface area (Å²) in [5.41, 5.74) is 1.75. The molecule has 2 aromatic carbocycles. The summed E-state index contributed by atoms with van der Waals surface area (Å²) in [5.74, 6) is 0.610. The van der Waals surface area contributed by atoms with Crippen LogP contribution in [0.5, 0.6) is 5.75 Å². The van der Waals surface area contributed by atoms with E-state index in [1.165, 1.54) is 32.1 Å². The summed E-state index contributed by atoms with van der Waals surface area (Å²) in [7, 11) is -2.53. The molecule has 0 aromatic heterocycles. The lowest BCUT2D eigenvalue weighted by Gasteiger charge is -2.30. The van der Waals surface area contributed by atoms with Crippen LogP contribution in [0.2, 0.25) is 0 Å². The summed E-state index contributed by atoms with van der Waals surface area (Å²) < 4.78 is 33.7. The number of carbonyl (C=O) groups is 1. The van der Waals surface area contributed by atoms with Crippen molar-refractivity contribution in [2.45, 2.75) is 38.0 Å². The van der Waals surface area contributed by atoms with Crippen LogP contribution in [0.3, 0.4) is 0 Å². The van der Waals surface area contributed by atoms with Crippen molar-refractivity contribution >= 4 is 21.6 Å². The molecular weight excluding hydrogens is 426 g/mol. The van der Waals surface area contributed by atoms with Crippen LogP contribution in [0.15, 0.2) is 47.4 Å². The third-order valence-corrected chi connectivity index (χ3v) is 7.10. The summed E-state index contributed by atoms with van der Waals surface area (Å²) >= 11 is 0. The molecule has 1 amide bonds. The van der Waals surface area contributed by atoms with Crippen molar-refractivity contribution in [1.29, 1.82) is 0 Å². The Hall–Kier alpha value is -2.58. The van der Waals surface area contributed by atoms with Gasteiger partial charge in [-0.25, -0.2) is 8.42 Å². The van der Waals surface area contributed by atoms with Gasteiger partial charge in [-0.15, -0.1) is 0 Å². The van der Waals surface area contributed by atoms with Crippen molar-refractivity contribution in [2.24, 2.45) is 5.92 Å². The number of rotatable bonds is 9. The Morgan fingerprint density at radius 3 is 2.62 bits per heavy atom. The third-order valence-electron chi connectivity index (χ3n) is 5.70. The number of nitrogens with one attached hydrogen (secondary N) is 2. The van der Waals surface area contributed by atoms with Gasteiger partial charge in [0.2, 0.25) is 0 Å². The predicted octanol–water partition coefficient (Wildman–Crippen LogP) is 3.66. The van der Waals surface area contributed by atoms with Gasteiger partial charge in [0.05, 0.1) is 7.11 Å². The molecule has 7 nitrogen and oxygen atoms in total. The maximum absolute atomic E-state index is 13.0. The van der Waals surface area contributed by atoms with Crippen LogP contribution in [0.25, 0.3) is 0 Å². The van der Waals surface area contributed by atoms with Gasteiger partial charge in [0.15, 0.2) is 0 Å². The van der Waals surface area contributed by atoms with E-state index in [1.54, 1.807) is 18.2 Å². The summed E-state index contributed by atoms with van der Waals surface area (Å²) in [4.78, 5) is 15.0. The van der Waals surface area contributed by atoms with E-state index in [4.69, 9.17) is 4.74 Å². The van der Waals surface area contributed by atoms with E-state index >= 15 is 0 Å². The largest absolute Gasteiger partial charge is 0.495 e. The third kappa shape index (κ3) is 6.46. The minimum absolute atomic E-state index is 0.0736. The molecule has 3 rings (SSSR count). The first kappa shape index (κ1) is 24.1. The number of likely N-dealkylation sites (tertiary alicyclic amines) is 1. The average Bonchev–Trinajstić information content (AvgIpc) is 2.77. The molecule has 1 aliphatic heterocycles. The number of benzene rings is 2. The topological polar surface area (TPSA) is 87.7 Å². The molecule has 32 heavy (non-hydrogen) atoms. The molecule has 1 heterocycles. The number of ether oxygens (including phenoxy) is 1. The van der Waals surface area contributed by atoms with Crippen LogP contribution in [-0.2, 0) is 10.0 Å². The molecule has 1 aliphatic rings. The van der Waals surface area contributed by atoms with Gasteiger partial charge < -0.3 is 15.0 Å². The van der Waals surface area contributed by atoms with E-state index in [0.717, 1.165) is 37.5 Å². The fourth-order valence-electron chi connectivity index (χ4n) is 3.96. The Kier molecular flexibility index (Phi) is 8.15. The Morgan fingerprint density at radius 1 is 1.19 bits per heavy atom. The van der Waals surface area contributed by atoms with Gasteiger partial charge in [-0.1, -0.05) is 24.6 Å². The highest BCUT2D eigenvalue weighted by Gasteiger charge is 2.22. The zero-order valence-electron chi connectivity index (χ0n) is 19.1. The molecule has 2 N–H and O–H groups in total. The monoisotopic (exact) mass is 459 g/mol. The quantitative estimate of drug-likeness (QED) is 0.559. The first-order valence-electron chi connectivity index (χ1n) is 11.1. The van der Waals surface area contributed by atoms with Gasteiger partial charge >= 0.3 is 0 Å². The average molecular weight is 460 g/mol. The van der Waals surface area contributed by atoms with Gasteiger partial charge in [-0.2, -0.15) is 0 Å². The fourth-order valence-corrected chi connectivity index (χ4v) is 5.21. The predicted molar refractivity (Wildman–Crippen MR) is 127 cm³/mol. The highest BCUT2D eigenvalue weighted by molar-refractivity contribution is 7.92. The van der Waals surface area contributed by atoms with Crippen molar-refractivity contribution in [3.63, 3.8) is 0 Å². The number of carbonyl (C=O) groups excluding carboxylic acids is 1. The second-order valence-corrected chi connectivity index (χ2v) is 10.1. The first-order chi connectivity index (χ1) is 15.3. The lowest BCUT2D eigenvalue weighted by molar-refractivity contribution is 0.0950. The Balaban J connectivity index is 1.64. The number of sulfonamides is 1. The summed E-state index contributed by atoms with van der Waals surface area (Å²) in [6, 6.07) is 11.5. The number of aryl methyl sites for hydroxylation is 1. The van der Waals surface area contributed by atoms with Crippen molar-refractivity contribution in [3.05, 3.63) is 53.6 Å². The molecule has 1 atom stereocenters. The van der Waals surface area contributed by atoms with Crippen molar-refractivity contribution in [1.82, 2.24) is 10.2 Å². The smallest absolute Gasteiger partial charge is 0.265 e. The van der Waals surface area contributed by atoms with E-state index in [1.807, 2.05) is 19.1 Å². The van der Waals surface area contributed by atoms with Gasteiger partial charge in [0.25, 0.3) is 15.9 Å². The Labute approximate surface area is 191 Å². The molecule has 2 aromatic rings. The second-order valence-electron chi connectivity index (χ2n) is 8.49. The van der Waals surface area contributed by atoms with Crippen molar-refractivity contribution in [2.75, 3.05) is 38.0 Å². The standard InChI is InChI=1S/C24H33N3O4S/c1-18-7-10-21(11-8-18)26-32(29,30)23-16-20(9-12-22(23)31-3)24(28)25-13-5-15-27-14-4-6-19(2)17-27/h7-12,16,19,26H,4-6,13-15,17H2,1-3H3,(H,25,28). The SMILES string of the molecule is COc1ccc(C(=O)NCCCN2CCCC(C)C2)cc1S(=O)(=O)Nc1ccc(C)cc1. The normalized spacial score (nSPS) is 17.0. The van der Waals surface area contributed by atoms with Crippen LogP contribution < -0.4 is 14.8 Å². The molecule has 0 aliphatic carbocycles. The zero-order chi connectivity index (χ0) is 23.1. The van der Waals surface area contributed by atoms with Crippen molar-refractivity contribution in [3.8, 4) is 5.75 Å². The fraction of sp³-hybridized carbons (Fsp3) is 0.458. The van der Waals surface area contributed by atoms with Crippen LogP contribution in [-0.4, -0.2) is 52.5 Å². The maximum Gasteiger partial charge on any atom is 0.265 e. The number of hydrogen-bond donors (Lipinski definition) is 2. The Bertz CT molecular complexity index is 1020. The first-order valence-corrected chi connectivity index (χ1v) is 12.5. The molecule has 0 bridgehead atoms. The van der Waals surface area contributed by atoms with E-state index < -0.39 is 10.0 Å². The number of piperidine rings is 1. The maximum atomic E-state index is 13.0. The molecule has 8 heteroatoms. The summed E-state index contributed by atoms with van der Waals surface area (Å²) in [5, 5.41) is 2.90. The zero-order valence-corrected chi connectivity index (χ0v) is 19.9. The molecule has 174 valence electrons. The number of hydrogen-bond acceptors (Lipinski definition) is 5. The van der Waals surface area contributed by atoms with E-state index in [-0.39, 0.29) is 22.1 Å².